The zero-order valence-corrected chi connectivity index (χ0v) is 9.77. The van der Waals surface area contributed by atoms with E-state index in [2.05, 4.69) is 10.6 Å². The maximum absolute atomic E-state index is 11.7. The van der Waals surface area contributed by atoms with Gasteiger partial charge in [0.15, 0.2) is 0 Å². The van der Waals surface area contributed by atoms with Crippen LogP contribution in [0.4, 0.5) is 5.69 Å². The van der Waals surface area contributed by atoms with Crippen molar-refractivity contribution in [2.75, 3.05) is 13.6 Å². The third kappa shape index (κ3) is 3.53. The number of nitro benzene ring substituents is 1. The predicted molar refractivity (Wildman–Crippen MR) is 64.0 cm³/mol. The van der Waals surface area contributed by atoms with Crippen molar-refractivity contribution in [2.45, 2.75) is 13.0 Å². The van der Waals surface area contributed by atoms with Gasteiger partial charge in [-0.1, -0.05) is 12.1 Å². The molecule has 0 saturated carbocycles. The van der Waals surface area contributed by atoms with Crippen LogP contribution in [0.5, 0.6) is 0 Å². The molecular weight excluding hydrogens is 222 g/mol. The zero-order chi connectivity index (χ0) is 12.8. The van der Waals surface area contributed by atoms with E-state index in [1.807, 2.05) is 6.92 Å². The molecule has 0 aromatic heterocycles. The minimum absolute atomic E-state index is 0.0841. The van der Waals surface area contributed by atoms with Crippen molar-refractivity contribution in [1.82, 2.24) is 10.6 Å². The molecule has 0 fully saturated rings. The Morgan fingerprint density at radius 1 is 1.47 bits per heavy atom. The van der Waals surface area contributed by atoms with Gasteiger partial charge in [0.1, 0.15) is 5.56 Å². The summed E-state index contributed by atoms with van der Waals surface area (Å²) in [6, 6.07) is 6.00. The van der Waals surface area contributed by atoms with Crippen LogP contribution in [-0.4, -0.2) is 30.5 Å². The zero-order valence-electron chi connectivity index (χ0n) is 9.77. The second kappa shape index (κ2) is 5.95. The lowest BCUT2D eigenvalue weighted by atomic mass is 10.1. The van der Waals surface area contributed by atoms with Gasteiger partial charge in [-0.05, 0) is 20.0 Å². The third-order valence-electron chi connectivity index (χ3n) is 2.41. The van der Waals surface area contributed by atoms with E-state index in [4.69, 9.17) is 0 Å². The Labute approximate surface area is 99.2 Å². The largest absolute Gasteiger partial charge is 0.350 e. The van der Waals surface area contributed by atoms with Crippen molar-refractivity contribution in [3.63, 3.8) is 0 Å². The second-order valence-electron chi connectivity index (χ2n) is 3.67. The minimum atomic E-state index is -0.559. The van der Waals surface area contributed by atoms with Gasteiger partial charge < -0.3 is 10.6 Å². The Hall–Kier alpha value is -1.95. The number of nitrogens with one attached hydrogen (secondary N) is 2. The number of likely N-dealkylation sites (N-methyl/N-ethyl adjacent to an activating group) is 1. The lowest BCUT2D eigenvalue weighted by molar-refractivity contribution is -0.385. The van der Waals surface area contributed by atoms with Crippen LogP contribution in [0.2, 0.25) is 0 Å². The molecule has 92 valence electrons. The molecule has 6 nitrogen and oxygen atoms in total. The summed E-state index contributed by atoms with van der Waals surface area (Å²) in [6.45, 7) is 2.32. The monoisotopic (exact) mass is 237 g/mol. The maximum Gasteiger partial charge on any atom is 0.282 e. The number of hydrogen-bond donors (Lipinski definition) is 2. The van der Waals surface area contributed by atoms with Crippen LogP contribution < -0.4 is 10.6 Å². The Kier molecular flexibility index (Phi) is 4.59. The average molecular weight is 237 g/mol. The quantitative estimate of drug-likeness (QED) is 0.589. The van der Waals surface area contributed by atoms with Gasteiger partial charge in [0, 0.05) is 18.7 Å². The molecule has 1 unspecified atom stereocenters. The van der Waals surface area contributed by atoms with E-state index in [-0.39, 0.29) is 17.3 Å². The van der Waals surface area contributed by atoms with Gasteiger partial charge in [-0.2, -0.15) is 0 Å². The highest BCUT2D eigenvalue weighted by atomic mass is 16.6. The fraction of sp³-hybridized carbons (Fsp3) is 0.364. The number of nitrogens with zero attached hydrogens (tertiary/aromatic N) is 1. The molecule has 0 heterocycles. The fourth-order valence-corrected chi connectivity index (χ4v) is 1.27. The first-order valence-corrected chi connectivity index (χ1v) is 5.25. The van der Waals surface area contributed by atoms with E-state index in [1.54, 1.807) is 13.1 Å². The molecule has 0 spiro atoms. The number of para-hydroxylation sites is 1. The van der Waals surface area contributed by atoms with E-state index in [1.165, 1.54) is 18.2 Å². The number of amides is 1. The number of rotatable bonds is 5. The molecule has 1 aromatic carbocycles. The molecule has 0 aliphatic heterocycles. The lowest BCUT2D eigenvalue weighted by Gasteiger charge is -2.11. The van der Waals surface area contributed by atoms with Crippen molar-refractivity contribution in [3.8, 4) is 0 Å². The second-order valence-corrected chi connectivity index (χ2v) is 3.67. The van der Waals surface area contributed by atoms with E-state index < -0.39 is 10.8 Å². The molecular formula is C11H15N3O3. The summed E-state index contributed by atoms with van der Waals surface area (Å²) in [5.41, 5.74) is -0.0945. The SMILES string of the molecule is CNC(C)CNC(=O)c1ccccc1[N+](=O)[O-]. The maximum atomic E-state index is 11.7. The summed E-state index contributed by atoms with van der Waals surface area (Å²) in [5, 5.41) is 16.3. The van der Waals surface area contributed by atoms with Gasteiger partial charge in [0.25, 0.3) is 11.6 Å². The van der Waals surface area contributed by atoms with Gasteiger partial charge in [-0.15, -0.1) is 0 Å². The first-order valence-electron chi connectivity index (χ1n) is 5.25. The minimum Gasteiger partial charge on any atom is -0.350 e. The highest BCUT2D eigenvalue weighted by Crippen LogP contribution is 2.17. The molecule has 17 heavy (non-hydrogen) atoms. The Bertz CT molecular complexity index is 420. The summed E-state index contributed by atoms with van der Waals surface area (Å²) in [7, 11) is 1.78. The van der Waals surface area contributed by atoms with Crippen LogP contribution in [-0.2, 0) is 0 Å². The highest BCUT2D eigenvalue weighted by Gasteiger charge is 2.18. The summed E-state index contributed by atoms with van der Waals surface area (Å²) < 4.78 is 0. The van der Waals surface area contributed by atoms with Crippen LogP contribution in [0.1, 0.15) is 17.3 Å². The number of carbonyl (C=O) groups excluding carboxylic acids is 1. The van der Waals surface area contributed by atoms with Gasteiger partial charge in [0.2, 0.25) is 0 Å². The van der Waals surface area contributed by atoms with Crippen molar-refractivity contribution in [3.05, 3.63) is 39.9 Å². The molecule has 0 aliphatic carbocycles. The molecule has 0 bridgehead atoms. The highest BCUT2D eigenvalue weighted by molar-refractivity contribution is 5.98. The molecule has 1 atom stereocenters. The Morgan fingerprint density at radius 3 is 2.71 bits per heavy atom. The number of carbonyl (C=O) groups is 1. The van der Waals surface area contributed by atoms with Gasteiger partial charge in [-0.3, -0.25) is 14.9 Å². The lowest BCUT2D eigenvalue weighted by Crippen LogP contribution is -2.37. The molecule has 0 aliphatic rings. The Morgan fingerprint density at radius 2 is 2.12 bits per heavy atom. The van der Waals surface area contributed by atoms with Crippen molar-refractivity contribution in [2.24, 2.45) is 0 Å². The molecule has 1 amide bonds. The standard InChI is InChI=1S/C11H15N3O3/c1-8(12-2)7-13-11(15)9-5-3-4-6-10(9)14(16)17/h3-6,8,12H,7H2,1-2H3,(H,13,15). The van der Waals surface area contributed by atoms with Gasteiger partial charge in [0.05, 0.1) is 4.92 Å². The number of benzene rings is 1. The van der Waals surface area contributed by atoms with E-state index in [0.717, 1.165) is 0 Å². The van der Waals surface area contributed by atoms with Crippen LogP contribution in [0.15, 0.2) is 24.3 Å². The van der Waals surface area contributed by atoms with E-state index in [0.29, 0.717) is 6.54 Å². The smallest absolute Gasteiger partial charge is 0.282 e. The normalized spacial score (nSPS) is 11.9. The average Bonchev–Trinajstić information content (AvgIpc) is 2.35. The van der Waals surface area contributed by atoms with E-state index in [9.17, 15) is 14.9 Å². The molecule has 0 saturated heterocycles. The van der Waals surface area contributed by atoms with Crippen LogP contribution in [0.25, 0.3) is 0 Å². The molecule has 0 radical (unpaired) electrons. The molecule has 6 heteroatoms. The van der Waals surface area contributed by atoms with Gasteiger partial charge in [-0.25, -0.2) is 0 Å². The summed E-state index contributed by atoms with van der Waals surface area (Å²) in [6.07, 6.45) is 0. The predicted octanol–water partition coefficient (Wildman–Crippen LogP) is 0.932. The van der Waals surface area contributed by atoms with Crippen molar-refractivity contribution < 1.29 is 9.72 Å². The number of nitro groups is 1. The molecule has 1 rings (SSSR count). The summed E-state index contributed by atoms with van der Waals surface area (Å²) >= 11 is 0. The molecule has 1 aromatic rings. The first-order chi connectivity index (χ1) is 8.06. The summed E-state index contributed by atoms with van der Waals surface area (Å²) in [5.74, 6) is -0.431. The third-order valence-corrected chi connectivity index (χ3v) is 2.41. The summed E-state index contributed by atoms with van der Waals surface area (Å²) in [4.78, 5) is 21.9. The van der Waals surface area contributed by atoms with Crippen LogP contribution >= 0.6 is 0 Å². The molecule has 2 N–H and O–H groups in total. The van der Waals surface area contributed by atoms with Crippen LogP contribution in [0, 0.1) is 10.1 Å². The van der Waals surface area contributed by atoms with Crippen LogP contribution in [0.3, 0.4) is 0 Å². The van der Waals surface area contributed by atoms with E-state index >= 15 is 0 Å². The van der Waals surface area contributed by atoms with Gasteiger partial charge >= 0.3 is 0 Å². The topological polar surface area (TPSA) is 84.3 Å². The first kappa shape index (κ1) is 13.1. The Balaban J connectivity index is 2.78. The van der Waals surface area contributed by atoms with Crippen molar-refractivity contribution >= 4 is 11.6 Å². The van der Waals surface area contributed by atoms with Crippen molar-refractivity contribution in [1.29, 1.82) is 0 Å². The fourth-order valence-electron chi connectivity index (χ4n) is 1.27. The number of hydrogen-bond acceptors (Lipinski definition) is 4.